The molecule has 0 fully saturated rings. The Kier molecular flexibility index (Phi) is 6.08. The fourth-order valence-electron chi connectivity index (χ4n) is 2.01. The van der Waals surface area contributed by atoms with Crippen molar-refractivity contribution in [3.8, 4) is 5.75 Å². The molecule has 0 unspecified atom stereocenters. The van der Waals surface area contributed by atoms with Gasteiger partial charge >= 0.3 is 6.03 Å². The summed E-state index contributed by atoms with van der Waals surface area (Å²) in [4.78, 5) is 31.2. The summed E-state index contributed by atoms with van der Waals surface area (Å²) in [6.45, 7) is 7.90. The molecule has 0 saturated heterocycles. The van der Waals surface area contributed by atoms with Gasteiger partial charge in [-0.25, -0.2) is 9.78 Å². The maximum atomic E-state index is 12.0. The number of nitrogens with one attached hydrogen (secondary N) is 3. The van der Waals surface area contributed by atoms with Crippen LogP contribution in [-0.4, -0.2) is 39.8 Å². The van der Waals surface area contributed by atoms with Gasteiger partial charge in [0.15, 0.2) is 5.16 Å². The molecule has 1 atom stereocenters. The van der Waals surface area contributed by atoms with Crippen LogP contribution in [0.3, 0.4) is 0 Å². The van der Waals surface area contributed by atoms with E-state index in [1.807, 2.05) is 39.0 Å². The minimum atomic E-state index is -0.492. The minimum absolute atomic E-state index is 0.0318. The topological polar surface area (TPSA) is 96.1 Å². The van der Waals surface area contributed by atoms with Gasteiger partial charge in [-0.15, -0.1) is 0 Å². The molecular weight excluding hydrogens is 328 g/mol. The van der Waals surface area contributed by atoms with Gasteiger partial charge in [0.1, 0.15) is 5.75 Å². The van der Waals surface area contributed by atoms with Gasteiger partial charge in [0.25, 0.3) is 0 Å². The van der Waals surface area contributed by atoms with Gasteiger partial charge in [0.2, 0.25) is 5.91 Å². The summed E-state index contributed by atoms with van der Waals surface area (Å²) in [6, 6.07) is 5.07. The van der Waals surface area contributed by atoms with Crippen LogP contribution in [0.1, 0.15) is 27.7 Å². The zero-order valence-electron chi connectivity index (χ0n) is 14.2. The molecule has 0 aliphatic carbocycles. The van der Waals surface area contributed by atoms with Crippen molar-refractivity contribution in [2.24, 2.45) is 0 Å². The van der Waals surface area contributed by atoms with Crippen LogP contribution in [0.15, 0.2) is 23.4 Å². The van der Waals surface area contributed by atoms with Crippen LogP contribution in [0.5, 0.6) is 5.75 Å². The lowest BCUT2D eigenvalue weighted by atomic mass is 10.3. The van der Waals surface area contributed by atoms with Gasteiger partial charge in [0, 0.05) is 12.1 Å². The number of imide groups is 1. The molecule has 3 amide bonds. The summed E-state index contributed by atoms with van der Waals surface area (Å²) < 4.78 is 5.45. The summed E-state index contributed by atoms with van der Waals surface area (Å²) in [7, 11) is 0. The number of imidazole rings is 1. The lowest BCUT2D eigenvalue weighted by Gasteiger charge is -2.12. The number of rotatable bonds is 6. The molecule has 1 heterocycles. The van der Waals surface area contributed by atoms with Gasteiger partial charge in [-0.05, 0) is 39.8 Å². The largest absolute Gasteiger partial charge is 0.494 e. The molecule has 7 nitrogen and oxygen atoms in total. The number of ether oxygens (including phenoxy) is 1. The van der Waals surface area contributed by atoms with Crippen molar-refractivity contribution in [3.05, 3.63) is 18.2 Å². The van der Waals surface area contributed by atoms with Crippen molar-refractivity contribution in [2.45, 2.75) is 44.1 Å². The van der Waals surface area contributed by atoms with Crippen molar-refractivity contribution in [3.63, 3.8) is 0 Å². The third-order valence-corrected chi connectivity index (χ3v) is 4.04. The van der Waals surface area contributed by atoms with E-state index in [1.165, 1.54) is 11.8 Å². The van der Waals surface area contributed by atoms with E-state index in [2.05, 4.69) is 20.6 Å². The highest BCUT2D eigenvalue weighted by Crippen LogP contribution is 2.25. The molecule has 0 aliphatic rings. The number of H-pyrrole nitrogens is 1. The monoisotopic (exact) mass is 350 g/mol. The summed E-state index contributed by atoms with van der Waals surface area (Å²) in [5.74, 6) is 0.398. The molecule has 24 heavy (non-hydrogen) atoms. The fourth-order valence-corrected chi connectivity index (χ4v) is 2.83. The molecule has 0 radical (unpaired) electrons. The number of aromatic nitrogens is 2. The number of hydrogen-bond acceptors (Lipinski definition) is 5. The summed E-state index contributed by atoms with van der Waals surface area (Å²) in [5, 5.41) is 5.09. The van der Waals surface area contributed by atoms with E-state index in [0.29, 0.717) is 11.8 Å². The van der Waals surface area contributed by atoms with Crippen LogP contribution in [-0.2, 0) is 4.79 Å². The zero-order chi connectivity index (χ0) is 17.7. The van der Waals surface area contributed by atoms with E-state index in [1.54, 1.807) is 6.92 Å². The van der Waals surface area contributed by atoms with E-state index in [0.717, 1.165) is 16.8 Å². The van der Waals surface area contributed by atoms with Gasteiger partial charge in [0.05, 0.1) is 22.9 Å². The molecule has 130 valence electrons. The number of amides is 3. The van der Waals surface area contributed by atoms with Crippen LogP contribution in [0.25, 0.3) is 11.0 Å². The van der Waals surface area contributed by atoms with Crippen molar-refractivity contribution >= 4 is 34.7 Å². The highest BCUT2D eigenvalue weighted by molar-refractivity contribution is 8.00. The molecule has 2 aromatic rings. The number of fused-ring (bicyclic) bond motifs is 1. The molecule has 1 aromatic heterocycles. The summed E-state index contributed by atoms with van der Waals surface area (Å²) >= 11 is 1.26. The van der Waals surface area contributed by atoms with E-state index in [9.17, 15) is 9.59 Å². The first kappa shape index (κ1) is 18.1. The van der Waals surface area contributed by atoms with Crippen LogP contribution in [0.4, 0.5) is 4.79 Å². The number of nitrogens with zero attached hydrogens (tertiary/aromatic N) is 1. The molecule has 0 saturated carbocycles. The smallest absolute Gasteiger partial charge is 0.321 e. The SMILES string of the molecule is CCOc1ccc2nc(S[C@H](C)C(=O)NC(=O)NC(C)C)[nH]c2c1. The summed E-state index contributed by atoms with van der Waals surface area (Å²) in [5.41, 5.74) is 1.64. The molecule has 3 N–H and O–H groups in total. The average Bonchev–Trinajstić information content (AvgIpc) is 2.87. The number of aromatic amines is 1. The van der Waals surface area contributed by atoms with Gasteiger partial charge in [-0.3, -0.25) is 10.1 Å². The highest BCUT2D eigenvalue weighted by Gasteiger charge is 2.19. The number of carbonyl (C=O) groups excluding carboxylic acids is 2. The number of benzene rings is 1. The molecule has 8 heteroatoms. The fraction of sp³-hybridized carbons (Fsp3) is 0.438. The number of thioether (sulfide) groups is 1. The van der Waals surface area contributed by atoms with Crippen LogP contribution < -0.4 is 15.4 Å². The van der Waals surface area contributed by atoms with Crippen LogP contribution in [0, 0.1) is 0 Å². The normalized spacial score (nSPS) is 12.2. The minimum Gasteiger partial charge on any atom is -0.494 e. The number of carbonyl (C=O) groups is 2. The van der Waals surface area contributed by atoms with Crippen molar-refractivity contribution in [1.29, 1.82) is 0 Å². The molecule has 0 aliphatic heterocycles. The van der Waals surface area contributed by atoms with E-state index in [-0.39, 0.29) is 11.9 Å². The van der Waals surface area contributed by atoms with Crippen molar-refractivity contribution in [1.82, 2.24) is 20.6 Å². The lowest BCUT2D eigenvalue weighted by Crippen LogP contribution is -2.45. The predicted octanol–water partition coefficient (Wildman–Crippen LogP) is 2.68. The Bertz CT molecular complexity index is 729. The Morgan fingerprint density at radius 2 is 2.08 bits per heavy atom. The molecule has 1 aromatic carbocycles. The molecule has 2 rings (SSSR count). The molecular formula is C16H22N4O3S. The number of urea groups is 1. The highest BCUT2D eigenvalue weighted by atomic mass is 32.2. The maximum Gasteiger partial charge on any atom is 0.321 e. The maximum absolute atomic E-state index is 12.0. The standard InChI is InChI=1S/C16H22N4O3S/c1-5-23-11-6-7-12-13(8-11)19-16(18-12)24-10(4)14(21)20-15(22)17-9(2)3/h6-10H,5H2,1-4H3,(H,18,19)(H2,17,20,21,22)/t10-/m1/s1. The Morgan fingerprint density at radius 1 is 1.33 bits per heavy atom. The first-order chi connectivity index (χ1) is 11.4. The summed E-state index contributed by atoms with van der Waals surface area (Å²) in [6.07, 6.45) is 0. The van der Waals surface area contributed by atoms with Crippen molar-refractivity contribution in [2.75, 3.05) is 6.61 Å². The van der Waals surface area contributed by atoms with Crippen molar-refractivity contribution < 1.29 is 14.3 Å². The lowest BCUT2D eigenvalue weighted by molar-refractivity contribution is -0.119. The molecule has 0 spiro atoms. The first-order valence-electron chi connectivity index (χ1n) is 7.79. The average molecular weight is 350 g/mol. The van der Waals surface area contributed by atoms with E-state index >= 15 is 0 Å². The van der Waals surface area contributed by atoms with Crippen LogP contribution >= 0.6 is 11.8 Å². The predicted molar refractivity (Wildman–Crippen MR) is 94.4 cm³/mol. The van der Waals surface area contributed by atoms with Gasteiger partial charge in [-0.2, -0.15) is 0 Å². The third-order valence-electron chi connectivity index (χ3n) is 3.06. The second kappa shape index (κ2) is 8.05. The third kappa shape index (κ3) is 4.89. The van der Waals surface area contributed by atoms with E-state index in [4.69, 9.17) is 4.74 Å². The van der Waals surface area contributed by atoms with Gasteiger partial charge in [-0.1, -0.05) is 11.8 Å². The number of hydrogen-bond donors (Lipinski definition) is 3. The van der Waals surface area contributed by atoms with Crippen LogP contribution in [0.2, 0.25) is 0 Å². The van der Waals surface area contributed by atoms with E-state index < -0.39 is 11.3 Å². The Labute approximate surface area is 144 Å². The Balaban J connectivity index is 2.00. The first-order valence-corrected chi connectivity index (χ1v) is 8.67. The Hall–Kier alpha value is -2.22. The second-order valence-corrected chi connectivity index (χ2v) is 6.86. The van der Waals surface area contributed by atoms with Gasteiger partial charge < -0.3 is 15.0 Å². The molecule has 0 bridgehead atoms. The second-order valence-electron chi connectivity index (χ2n) is 5.53. The quantitative estimate of drug-likeness (QED) is 0.696. The Morgan fingerprint density at radius 3 is 2.75 bits per heavy atom. The zero-order valence-corrected chi connectivity index (χ0v) is 15.0.